The van der Waals surface area contributed by atoms with Crippen molar-refractivity contribution in [2.75, 3.05) is 0 Å². The molecule has 1 aromatic carbocycles. The fourth-order valence-electron chi connectivity index (χ4n) is 3.01. The van der Waals surface area contributed by atoms with Crippen LogP contribution in [0.1, 0.15) is 11.6 Å². The summed E-state index contributed by atoms with van der Waals surface area (Å²) in [5, 5.41) is 9.61. The molecule has 0 aliphatic carbocycles. The van der Waals surface area contributed by atoms with Gasteiger partial charge in [0.05, 0.1) is 29.6 Å². The molecule has 4 aromatic heterocycles. The van der Waals surface area contributed by atoms with E-state index < -0.39 is 0 Å². The molecule has 0 aliphatic rings. The van der Waals surface area contributed by atoms with E-state index in [1.165, 1.54) is 0 Å². The van der Waals surface area contributed by atoms with Gasteiger partial charge in [-0.3, -0.25) is 9.55 Å². The average molecular weight is 388 g/mol. The predicted molar refractivity (Wildman–Crippen MR) is 107 cm³/mol. The molecular weight excluding hydrogens is 372 g/mol. The first kappa shape index (κ1) is 16.8. The lowest BCUT2D eigenvalue weighted by atomic mass is 10.2. The number of nitrogens with one attached hydrogen (secondary N) is 1. The maximum atomic E-state index is 5.54. The Labute approximate surface area is 164 Å². The third kappa shape index (κ3) is 3.29. The number of rotatable bonds is 6. The maximum absolute atomic E-state index is 5.54. The maximum Gasteiger partial charge on any atom is 0.192 e. The van der Waals surface area contributed by atoms with E-state index in [2.05, 4.69) is 25.1 Å². The van der Waals surface area contributed by atoms with Crippen molar-refractivity contribution in [1.82, 2.24) is 29.7 Å². The molecule has 0 amide bonds. The molecule has 0 radical (unpaired) electrons. The molecule has 138 valence electrons. The lowest BCUT2D eigenvalue weighted by molar-refractivity contribution is 0.485. The molecule has 8 heteroatoms. The van der Waals surface area contributed by atoms with Crippen molar-refractivity contribution in [2.45, 2.75) is 17.5 Å². The van der Waals surface area contributed by atoms with Gasteiger partial charge in [-0.25, -0.2) is 4.98 Å². The molecule has 0 saturated carbocycles. The number of hydrogen-bond acceptors (Lipinski definition) is 6. The van der Waals surface area contributed by atoms with Gasteiger partial charge in [-0.05, 0) is 36.4 Å². The van der Waals surface area contributed by atoms with Crippen LogP contribution in [0, 0.1) is 0 Å². The number of hydrogen-bond donors (Lipinski definition) is 1. The fraction of sp³-hybridized carbons (Fsp3) is 0.100. The highest BCUT2D eigenvalue weighted by Gasteiger charge is 2.16. The molecule has 0 aliphatic heterocycles. The normalized spacial score (nSPS) is 11.3. The van der Waals surface area contributed by atoms with Gasteiger partial charge in [0.1, 0.15) is 11.6 Å². The minimum absolute atomic E-state index is 0.548. The van der Waals surface area contributed by atoms with Crippen molar-refractivity contribution in [3.63, 3.8) is 0 Å². The molecule has 28 heavy (non-hydrogen) atoms. The monoisotopic (exact) mass is 388 g/mol. The molecular formula is C20H16N6OS. The number of nitrogens with zero attached hydrogens (tertiary/aromatic N) is 5. The van der Waals surface area contributed by atoms with Crippen LogP contribution in [-0.2, 0) is 12.3 Å². The van der Waals surface area contributed by atoms with Crippen LogP contribution in [0.25, 0.3) is 22.4 Å². The van der Waals surface area contributed by atoms with Gasteiger partial charge >= 0.3 is 0 Å². The lowest BCUT2D eigenvalue weighted by Crippen LogP contribution is -2.03. The van der Waals surface area contributed by atoms with Gasteiger partial charge in [0.2, 0.25) is 0 Å². The molecule has 5 rings (SSSR count). The Kier molecular flexibility index (Phi) is 4.38. The summed E-state index contributed by atoms with van der Waals surface area (Å²) in [6.07, 6.45) is 5.20. The number of aromatic amines is 1. The summed E-state index contributed by atoms with van der Waals surface area (Å²) in [7, 11) is 0. The van der Waals surface area contributed by atoms with Crippen LogP contribution in [0.5, 0.6) is 0 Å². The number of imidazole rings is 1. The van der Waals surface area contributed by atoms with Crippen molar-refractivity contribution in [2.24, 2.45) is 0 Å². The Morgan fingerprint density at radius 1 is 1.04 bits per heavy atom. The zero-order valence-corrected chi connectivity index (χ0v) is 15.6. The van der Waals surface area contributed by atoms with E-state index in [9.17, 15) is 0 Å². The second kappa shape index (κ2) is 7.32. The van der Waals surface area contributed by atoms with Crippen LogP contribution in [0.2, 0.25) is 0 Å². The summed E-state index contributed by atoms with van der Waals surface area (Å²) in [6.45, 7) is 0.548. The highest BCUT2D eigenvalue weighted by atomic mass is 32.2. The summed E-state index contributed by atoms with van der Waals surface area (Å²) < 4.78 is 7.58. The van der Waals surface area contributed by atoms with Gasteiger partial charge in [0.15, 0.2) is 11.0 Å². The number of aromatic nitrogens is 6. The first-order chi connectivity index (χ1) is 13.9. The highest BCUT2D eigenvalue weighted by molar-refractivity contribution is 7.98. The van der Waals surface area contributed by atoms with E-state index in [4.69, 9.17) is 4.42 Å². The second-order valence-electron chi connectivity index (χ2n) is 6.20. The van der Waals surface area contributed by atoms with E-state index in [1.807, 2.05) is 53.1 Å². The first-order valence-corrected chi connectivity index (χ1v) is 9.78. The summed E-state index contributed by atoms with van der Waals surface area (Å²) in [6, 6.07) is 15.7. The Bertz CT molecular complexity index is 1160. The largest absolute Gasteiger partial charge is 0.467 e. The minimum atomic E-state index is 0.548. The Balaban J connectivity index is 1.45. The van der Waals surface area contributed by atoms with Crippen LogP contribution < -0.4 is 0 Å². The predicted octanol–water partition coefficient (Wildman–Crippen LogP) is 4.15. The Hall–Kier alpha value is -3.39. The first-order valence-electron chi connectivity index (χ1n) is 8.79. The topological polar surface area (TPSA) is 85.4 Å². The van der Waals surface area contributed by atoms with Crippen molar-refractivity contribution in [3.05, 3.63) is 78.8 Å². The van der Waals surface area contributed by atoms with Gasteiger partial charge in [0, 0.05) is 18.0 Å². The molecule has 0 saturated heterocycles. The Morgan fingerprint density at radius 2 is 2.00 bits per heavy atom. The lowest BCUT2D eigenvalue weighted by Gasteiger charge is -2.08. The molecule has 1 N–H and O–H groups in total. The molecule has 0 spiro atoms. The number of benzene rings is 1. The fourth-order valence-corrected chi connectivity index (χ4v) is 3.82. The summed E-state index contributed by atoms with van der Waals surface area (Å²) in [4.78, 5) is 12.2. The van der Waals surface area contributed by atoms with Gasteiger partial charge in [-0.15, -0.1) is 10.2 Å². The van der Waals surface area contributed by atoms with Crippen molar-refractivity contribution in [1.29, 1.82) is 0 Å². The molecule has 0 atom stereocenters. The van der Waals surface area contributed by atoms with Gasteiger partial charge < -0.3 is 9.40 Å². The number of thioether (sulfide) groups is 1. The molecule has 0 bridgehead atoms. The SMILES string of the molecule is c1cncc(-c2nnc(SCc3nc4ccccc4[nH]3)n2Cc2ccco2)c1. The number of furan rings is 1. The third-order valence-corrected chi connectivity index (χ3v) is 5.29. The van der Waals surface area contributed by atoms with E-state index in [0.717, 1.165) is 39.2 Å². The van der Waals surface area contributed by atoms with E-state index in [1.54, 1.807) is 30.4 Å². The van der Waals surface area contributed by atoms with E-state index in [-0.39, 0.29) is 0 Å². The van der Waals surface area contributed by atoms with Crippen LogP contribution in [0.4, 0.5) is 0 Å². The molecule has 0 fully saturated rings. The van der Waals surface area contributed by atoms with E-state index in [0.29, 0.717) is 12.3 Å². The second-order valence-corrected chi connectivity index (χ2v) is 7.15. The molecule has 5 aromatic rings. The summed E-state index contributed by atoms with van der Waals surface area (Å²) in [5.41, 5.74) is 2.91. The zero-order chi connectivity index (χ0) is 18.8. The zero-order valence-electron chi connectivity index (χ0n) is 14.8. The molecule has 7 nitrogen and oxygen atoms in total. The average Bonchev–Trinajstić information content (AvgIpc) is 3.47. The van der Waals surface area contributed by atoms with Crippen molar-refractivity contribution >= 4 is 22.8 Å². The van der Waals surface area contributed by atoms with Crippen LogP contribution in [-0.4, -0.2) is 29.7 Å². The Morgan fingerprint density at radius 3 is 2.82 bits per heavy atom. The van der Waals surface area contributed by atoms with Crippen molar-refractivity contribution < 1.29 is 4.42 Å². The summed E-state index contributed by atoms with van der Waals surface area (Å²) >= 11 is 1.59. The number of fused-ring (bicyclic) bond motifs is 1. The standard InChI is InChI=1S/C20H16N6OS/c1-2-8-17-16(7-1)22-18(23-17)13-28-20-25-24-19(14-5-3-9-21-11-14)26(20)12-15-6-4-10-27-15/h1-11H,12-13H2,(H,22,23). The number of H-pyrrole nitrogens is 1. The minimum Gasteiger partial charge on any atom is -0.467 e. The number of para-hydroxylation sites is 2. The van der Waals surface area contributed by atoms with Gasteiger partial charge in [-0.1, -0.05) is 23.9 Å². The number of pyridine rings is 1. The molecule has 0 unspecified atom stereocenters. The van der Waals surface area contributed by atoms with Crippen LogP contribution in [0.3, 0.4) is 0 Å². The van der Waals surface area contributed by atoms with Crippen molar-refractivity contribution in [3.8, 4) is 11.4 Å². The van der Waals surface area contributed by atoms with Crippen LogP contribution >= 0.6 is 11.8 Å². The molecule has 4 heterocycles. The van der Waals surface area contributed by atoms with Gasteiger partial charge in [0.25, 0.3) is 0 Å². The highest BCUT2D eigenvalue weighted by Crippen LogP contribution is 2.27. The quantitative estimate of drug-likeness (QED) is 0.440. The smallest absolute Gasteiger partial charge is 0.192 e. The third-order valence-electron chi connectivity index (χ3n) is 4.31. The van der Waals surface area contributed by atoms with E-state index >= 15 is 0 Å². The van der Waals surface area contributed by atoms with Crippen LogP contribution in [0.15, 0.2) is 76.8 Å². The van der Waals surface area contributed by atoms with Gasteiger partial charge in [-0.2, -0.15) is 0 Å². The summed E-state index contributed by atoms with van der Waals surface area (Å²) in [5.74, 6) is 3.17.